The summed E-state index contributed by atoms with van der Waals surface area (Å²) < 4.78 is 37.1. The highest BCUT2D eigenvalue weighted by molar-refractivity contribution is 5.08. The van der Waals surface area contributed by atoms with Crippen molar-refractivity contribution in [3.63, 3.8) is 0 Å². The van der Waals surface area contributed by atoms with Gasteiger partial charge in [-0.1, -0.05) is 0 Å². The molecular formula is C8H15F3N2. The number of nitrogens with one attached hydrogen (secondary N) is 2. The minimum Gasteiger partial charge on any atom is -0.316 e. The minimum absolute atomic E-state index is 0.0693. The van der Waals surface area contributed by atoms with Gasteiger partial charge in [-0.3, -0.25) is 0 Å². The Morgan fingerprint density at radius 1 is 1.38 bits per heavy atom. The van der Waals surface area contributed by atoms with Crippen molar-refractivity contribution in [2.45, 2.75) is 37.5 Å². The van der Waals surface area contributed by atoms with Gasteiger partial charge in [0, 0.05) is 12.6 Å². The molecule has 0 aliphatic heterocycles. The zero-order valence-corrected chi connectivity index (χ0v) is 7.83. The molecule has 0 amide bonds. The first-order chi connectivity index (χ1) is 5.91. The molecule has 0 radical (unpaired) electrons. The molecule has 0 aromatic carbocycles. The average molecular weight is 196 g/mol. The van der Waals surface area contributed by atoms with E-state index >= 15 is 0 Å². The fourth-order valence-corrected chi connectivity index (χ4v) is 1.14. The van der Waals surface area contributed by atoms with Crippen LogP contribution in [0, 0.1) is 0 Å². The maximum atomic E-state index is 12.4. The van der Waals surface area contributed by atoms with Crippen LogP contribution < -0.4 is 10.6 Å². The van der Waals surface area contributed by atoms with Gasteiger partial charge in [0.15, 0.2) is 0 Å². The van der Waals surface area contributed by atoms with Crippen LogP contribution in [0.15, 0.2) is 0 Å². The van der Waals surface area contributed by atoms with Crippen molar-refractivity contribution in [1.82, 2.24) is 10.6 Å². The van der Waals surface area contributed by atoms with Crippen molar-refractivity contribution in [3.8, 4) is 0 Å². The van der Waals surface area contributed by atoms with Crippen LogP contribution >= 0.6 is 0 Å². The number of rotatable bonds is 4. The second kappa shape index (κ2) is 3.46. The van der Waals surface area contributed by atoms with E-state index in [4.69, 9.17) is 0 Å². The SMILES string of the molecule is CNC(C)CNC1(C(F)(F)F)CC1. The van der Waals surface area contributed by atoms with Crippen LogP contribution in [0.3, 0.4) is 0 Å². The van der Waals surface area contributed by atoms with Crippen LogP contribution in [0.25, 0.3) is 0 Å². The van der Waals surface area contributed by atoms with Crippen molar-refractivity contribution in [2.75, 3.05) is 13.6 Å². The van der Waals surface area contributed by atoms with Gasteiger partial charge in [-0.25, -0.2) is 0 Å². The summed E-state index contributed by atoms with van der Waals surface area (Å²) in [5, 5.41) is 5.46. The van der Waals surface area contributed by atoms with Gasteiger partial charge < -0.3 is 10.6 Å². The molecule has 78 valence electrons. The molecule has 1 rings (SSSR count). The first-order valence-electron chi connectivity index (χ1n) is 4.40. The maximum absolute atomic E-state index is 12.4. The lowest BCUT2D eigenvalue weighted by Crippen LogP contribution is -2.49. The van der Waals surface area contributed by atoms with Crippen molar-refractivity contribution >= 4 is 0 Å². The topological polar surface area (TPSA) is 24.1 Å². The van der Waals surface area contributed by atoms with E-state index in [0.29, 0.717) is 6.54 Å². The van der Waals surface area contributed by atoms with Gasteiger partial charge in [0.2, 0.25) is 0 Å². The predicted octanol–water partition coefficient (Wildman–Crippen LogP) is 1.28. The van der Waals surface area contributed by atoms with E-state index in [1.807, 2.05) is 6.92 Å². The van der Waals surface area contributed by atoms with E-state index in [1.165, 1.54) is 0 Å². The molecule has 2 N–H and O–H groups in total. The Morgan fingerprint density at radius 3 is 2.23 bits per heavy atom. The summed E-state index contributed by atoms with van der Waals surface area (Å²) in [6.07, 6.45) is -3.67. The zero-order valence-electron chi connectivity index (χ0n) is 7.83. The molecule has 0 aromatic heterocycles. The highest BCUT2D eigenvalue weighted by atomic mass is 19.4. The first kappa shape index (κ1) is 10.8. The van der Waals surface area contributed by atoms with E-state index in [9.17, 15) is 13.2 Å². The molecule has 1 aliphatic carbocycles. The summed E-state index contributed by atoms with van der Waals surface area (Å²) in [5.74, 6) is 0. The molecule has 0 bridgehead atoms. The fourth-order valence-electron chi connectivity index (χ4n) is 1.14. The third-order valence-corrected chi connectivity index (χ3v) is 2.53. The standard InChI is InChI=1S/C8H15F3N2/c1-6(12-2)5-13-7(3-4-7)8(9,10)11/h6,12-13H,3-5H2,1-2H3. The smallest absolute Gasteiger partial charge is 0.316 e. The van der Waals surface area contributed by atoms with Crippen LogP contribution in [0.4, 0.5) is 13.2 Å². The molecular weight excluding hydrogens is 181 g/mol. The molecule has 0 saturated heterocycles. The van der Waals surface area contributed by atoms with E-state index in [-0.39, 0.29) is 18.9 Å². The molecule has 2 nitrogen and oxygen atoms in total. The second-order valence-corrected chi connectivity index (χ2v) is 3.65. The van der Waals surface area contributed by atoms with Crippen molar-refractivity contribution in [1.29, 1.82) is 0 Å². The molecule has 1 fully saturated rings. The number of likely N-dealkylation sites (N-methyl/N-ethyl adjacent to an activating group) is 1. The Kier molecular flexibility index (Phi) is 2.87. The number of halogens is 3. The van der Waals surface area contributed by atoms with Crippen molar-refractivity contribution in [3.05, 3.63) is 0 Å². The number of hydrogen-bond acceptors (Lipinski definition) is 2. The normalized spacial score (nSPS) is 22.8. The Hall–Kier alpha value is -0.290. The molecule has 1 atom stereocenters. The predicted molar refractivity (Wildman–Crippen MR) is 44.5 cm³/mol. The zero-order chi connectivity index (χ0) is 10.1. The van der Waals surface area contributed by atoms with Gasteiger partial charge in [0.1, 0.15) is 5.54 Å². The van der Waals surface area contributed by atoms with E-state index in [0.717, 1.165) is 0 Å². The number of hydrogen-bond donors (Lipinski definition) is 2. The lowest BCUT2D eigenvalue weighted by molar-refractivity contribution is -0.165. The Morgan fingerprint density at radius 2 is 1.92 bits per heavy atom. The fraction of sp³-hybridized carbons (Fsp3) is 1.00. The summed E-state index contributed by atoms with van der Waals surface area (Å²) in [4.78, 5) is 0. The third kappa shape index (κ3) is 2.34. The van der Waals surface area contributed by atoms with Gasteiger partial charge in [-0.15, -0.1) is 0 Å². The molecule has 5 heteroatoms. The van der Waals surface area contributed by atoms with Gasteiger partial charge in [0.05, 0.1) is 0 Å². The summed E-state index contributed by atoms with van der Waals surface area (Å²) in [6, 6.07) is 0.0693. The summed E-state index contributed by atoms with van der Waals surface area (Å²) in [5.41, 5.74) is -1.57. The van der Waals surface area contributed by atoms with Crippen LogP contribution in [-0.4, -0.2) is 31.3 Å². The van der Waals surface area contributed by atoms with E-state index in [2.05, 4.69) is 10.6 Å². The Balaban J connectivity index is 2.36. The van der Waals surface area contributed by atoms with Gasteiger partial charge in [-0.2, -0.15) is 13.2 Å². The van der Waals surface area contributed by atoms with Crippen LogP contribution in [0.1, 0.15) is 19.8 Å². The first-order valence-corrected chi connectivity index (χ1v) is 4.40. The lowest BCUT2D eigenvalue weighted by Gasteiger charge is -2.22. The van der Waals surface area contributed by atoms with Crippen LogP contribution in [-0.2, 0) is 0 Å². The van der Waals surface area contributed by atoms with Crippen LogP contribution in [0.5, 0.6) is 0 Å². The van der Waals surface area contributed by atoms with Crippen molar-refractivity contribution in [2.24, 2.45) is 0 Å². The molecule has 0 heterocycles. The lowest BCUT2D eigenvalue weighted by atomic mass is 10.2. The molecule has 1 saturated carbocycles. The maximum Gasteiger partial charge on any atom is 0.406 e. The summed E-state index contributed by atoms with van der Waals surface area (Å²) in [6.45, 7) is 2.20. The van der Waals surface area contributed by atoms with Gasteiger partial charge in [-0.05, 0) is 26.8 Å². The highest BCUT2D eigenvalue weighted by Gasteiger charge is 2.62. The number of alkyl halides is 3. The molecule has 0 aromatic rings. The second-order valence-electron chi connectivity index (χ2n) is 3.65. The van der Waals surface area contributed by atoms with E-state index < -0.39 is 11.7 Å². The Bertz CT molecular complexity index is 175. The van der Waals surface area contributed by atoms with E-state index in [1.54, 1.807) is 7.05 Å². The average Bonchev–Trinajstić information content (AvgIpc) is 2.79. The largest absolute Gasteiger partial charge is 0.406 e. The van der Waals surface area contributed by atoms with Gasteiger partial charge >= 0.3 is 6.18 Å². The highest BCUT2D eigenvalue weighted by Crippen LogP contribution is 2.48. The monoisotopic (exact) mass is 196 g/mol. The minimum atomic E-state index is -4.10. The van der Waals surface area contributed by atoms with Crippen LogP contribution in [0.2, 0.25) is 0 Å². The quantitative estimate of drug-likeness (QED) is 0.707. The molecule has 1 aliphatic rings. The molecule has 0 spiro atoms. The molecule has 13 heavy (non-hydrogen) atoms. The summed E-state index contributed by atoms with van der Waals surface area (Å²) >= 11 is 0. The third-order valence-electron chi connectivity index (χ3n) is 2.53. The van der Waals surface area contributed by atoms with Crippen molar-refractivity contribution < 1.29 is 13.2 Å². The van der Waals surface area contributed by atoms with Gasteiger partial charge in [0.25, 0.3) is 0 Å². The molecule has 1 unspecified atom stereocenters. The summed E-state index contributed by atoms with van der Waals surface area (Å²) in [7, 11) is 1.74. The Labute approximate surface area is 75.9 Å².